The summed E-state index contributed by atoms with van der Waals surface area (Å²) in [5.41, 5.74) is 0.163. The van der Waals surface area contributed by atoms with Gasteiger partial charge in [-0.3, -0.25) is 0 Å². The molecule has 1 aromatic heterocycles. The van der Waals surface area contributed by atoms with E-state index in [0.717, 1.165) is 24.1 Å². The molecule has 1 aliphatic carbocycles. The van der Waals surface area contributed by atoms with E-state index >= 15 is 0 Å². The number of halogens is 3. The van der Waals surface area contributed by atoms with E-state index in [4.69, 9.17) is 0 Å². The van der Waals surface area contributed by atoms with Crippen LogP contribution in [0.3, 0.4) is 0 Å². The first kappa shape index (κ1) is 9.06. The van der Waals surface area contributed by atoms with Crippen molar-refractivity contribution in [1.29, 1.82) is 0 Å². The number of fused-ring (bicyclic) bond motifs is 1. The summed E-state index contributed by atoms with van der Waals surface area (Å²) in [7, 11) is 0. The van der Waals surface area contributed by atoms with E-state index in [1.54, 1.807) is 0 Å². The monoisotopic (exact) mass is 206 g/mol. The summed E-state index contributed by atoms with van der Waals surface area (Å²) in [5, 5.41) is 1.26. The van der Waals surface area contributed by atoms with E-state index in [1.807, 2.05) is 0 Å². The summed E-state index contributed by atoms with van der Waals surface area (Å²) in [6.07, 6.45) is -0.789. The molecule has 0 aromatic carbocycles. The summed E-state index contributed by atoms with van der Waals surface area (Å²) < 4.78 is 37.2. The smallest absolute Gasteiger partial charge is 0.166 e. The zero-order chi connectivity index (χ0) is 9.47. The lowest BCUT2D eigenvalue weighted by Crippen LogP contribution is -2.09. The molecule has 4 heteroatoms. The third-order valence-electron chi connectivity index (χ3n) is 2.37. The first-order valence-electron chi connectivity index (χ1n) is 4.25. The second-order valence-corrected chi connectivity index (χ2v) is 4.22. The molecule has 0 radical (unpaired) electrons. The first-order valence-corrected chi connectivity index (χ1v) is 5.13. The molecule has 0 bridgehead atoms. The van der Waals surface area contributed by atoms with Gasteiger partial charge in [0.05, 0.1) is 5.56 Å². The maximum atomic E-state index is 12.4. The van der Waals surface area contributed by atoms with Gasteiger partial charge in [0.1, 0.15) is 0 Å². The average Bonchev–Trinajstić information content (AvgIpc) is 2.45. The molecular weight excluding hydrogens is 197 g/mol. The number of rotatable bonds is 0. The number of thiophene rings is 1. The van der Waals surface area contributed by atoms with Gasteiger partial charge in [-0.25, -0.2) is 0 Å². The fraction of sp³-hybridized carbons (Fsp3) is 0.556. The van der Waals surface area contributed by atoms with Crippen molar-refractivity contribution in [3.63, 3.8) is 0 Å². The van der Waals surface area contributed by atoms with Gasteiger partial charge in [0.2, 0.25) is 0 Å². The third kappa shape index (κ3) is 1.59. The van der Waals surface area contributed by atoms with Crippen LogP contribution in [0, 0.1) is 0 Å². The molecule has 1 aliphatic rings. The molecule has 72 valence electrons. The Labute approximate surface area is 78.4 Å². The van der Waals surface area contributed by atoms with Crippen molar-refractivity contribution in [2.75, 3.05) is 0 Å². The Balaban J connectivity index is 2.43. The molecule has 0 atom stereocenters. The predicted octanol–water partition coefficient (Wildman–Crippen LogP) is 3.65. The number of alkyl halides is 3. The molecule has 0 spiro atoms. The summed E-state index contributed by atoms with van der Waals surface area (Å²) in [5.74, 6) is 0. The van der Waals surface area contributed by atoms with Crippen molar-refractivity contribution in [2.45, 2.75) is 31.9 Å². The number of hydrogen-bond acceptors (Lipinski definition) is 1. The maximum absolute atomic E-state index is 12.4. The van der Waals surface area contributed by atoms with Crippen LogP contribution < -0.4 is 0 Å². The number of hydrogen-bond donors (Lipinski definition) is 0. The second kappa shape index (κ2) is 3.01. The van der Waals surface area contributed by atoms with E-state index in [9.17, 15) is 13.2 Å². The predicted molar refractivity (Wildman–Crippen MR) is 46.0 cm³/mol. The van der Waals surface area contributed by atoms with Crippen molar-refractivity contribution in [2.24, 2.45) is 0 Å². The summed E-state index contributed by atoms with van der Waals surface area (Å²) in [6.45, 7) is 0. The Bertz CT molecular complexity index is 311. The summed E-state index contributed by atoms with van der Waals surface area (Å²) >= 11 is 1.26. The van der Waals surface area contributed by atoms with Gasteiger partial charge in [0.25, 0.3) is 0 Å². The largest absolute Gasteiger partial charge is 0.417 e. The highest BCUT2D eigenvalue weighted by Gasteiger charge is 2.35. The third-order valence-corrected chi connectivity index (χ3v) is 3.46. The van der Waals surface area contributed by atoms with Crippen LogP contribution in [0.4, 0.5) is 13.2 Å². The Morgan fingerprint density at radius 2 is 1.85 bits per heavy atom. The minimum atomic E-state index is -4.15. The molecule has 13 heavy (non-hydrogen) atoms. The van der Waals surface area contributed by atoms with Gasteiger partial charge in [-0.1, -0.05) is 0 Å². The first-order chi connectivity index (χ1) is 6.09. The van der Waals surface area contributed by atoms with Crippen LogP contribution in [0.15, 0.2) is 5.38 Å². The van der Waals surface area contributed by atoms with Crippen molar-refractivity contribution < 1.29 is 13.2 Å². The Kier molecular flexibility index (Phi) is 2.10. The van der Waals surface area contributed by atoms with Crippen molar-refractivity contribution in [1.82, 2.24) is 0 Å². The Morgan fingerprint density at radius 3 is 2.54 bits per heavy atom. The van der Waals surface area contributed by atoms with E-state index in [0.29, 0.717) is 12.0 Å². The molecule has 0 unspecified atom stereocenters. The Hall–Kier alpha value is -0.510. The normalized spacial score (nSPS) is 17.2. The molecule has 0 saturated heterocycles. The number of aryl methyl sites for hydroxylation is 1. The maximum Gasteiger partial charge on any atom is 0.417 e. The summed E-state index contributed by atoms with van der Waals surface area (Å²) in [6, 6.07) is 0. The average molecular weight is 206 g/mol. The molecule has 0 N–H and O–H groups in total. The van der Waals surface area contributed by atoms with Crippen molar-refractivity contribution in [3.05, 3.63) is 21.4 Å². The van der Waals surface area contributed by atoms with Gasteiger partial charge in [-0.15, -0.1) is 11.3 Å². The van der Waals surface area contributed by atoms with Crippen LogP contribution in [0.2, 0.25) is 0 Å². The summed E-state index contributed by atoms with van der Waals surface area (Å²) in [4.78, 5) is 0.943. The van der Waals surface area contributed by atoms with Gasteiger partial charge < -0.3 is 0 Å². The lowest BCUT2D eigenvalue weighted by atomic mass is 9.96. The van der Waals surface area contributed by atoms with Crippen molar-refractivity contribution in [3.8, 4) is 0 Å². The standard InChI is InChI=1S/C9H9F3S/c10-9(11,12)7-5-13-8-4-2-1-3-6(7)8/h5H,1-4H2. The van der Waals surface area contributed by atoms with Crippen LogP contribution >= 0.6 is 11.3 Å². The molecule has 2 rings (SSSR count). The van der Waals surface area contributed by atoms with Crippen LogP contribution in [0.25, 0.3) is 0 Å². The highest BCUT2D eigenvalue weighted by Crippen LogP contribution is 2.39. The molecule has 1 aromatic rings. The van der Waals surface area contributed by atoms with Crippen LogP contribution in [-0.2, 0) is 19.0 Å². The molecule has 0 fully saturated rings. The Morgan fingerprint density at radius 1 is 1.15 bits per heavy atom. The van der Waals surface area contributed by atoms with Crippen LogP contribution in [-0.4, -0.2) is 0 Å². The van der Waals surface area contributed by atoms with Crippen molar-refractivity contribution >= 4 is 11.3 Å². The van der Waals surface area contributed by atoms with E-state index in [1.165, 1.54) is 16.7 Å². The fourth-order valence-electron chi connectivity index (χ4n) is 1.73. The lowest BCUT2D eigenvalue weighted by Gasteiger charge is -2.13. The van der Waals surface area contributed by atoms with Gasteiger partial charge in [-0.2, -0.15) is 13.2 Å². The quantitative estimate of drug-likeness (QED) is 0.607. The van der Waals surface area contributed by atoms with Gasteiger partial charge in [0.15, 0.2) is 0 Å². The SMILES string of the molecule is FC(F)(F)c1csc2c1CCCC2. The molecular formula is C9H9F3S. The molecule has 0 nitrogen and oxygen atoms in total. The minimum absolute atomic E-state index is 0.396. The van der Waals surface area contributed by atoms with Gasteiger partial charge >= 0.3 is 6.18 Å². The van der Waals surface area contributed by atoms with E-state index in [-0.39, 0.29) is 0 Å². The van der Waals surface area contributed by atoms with Gasteiger partial charge in [0, 0.05) is 10.3 Å². The molecule has 0 amide bonds. The van der Waals surface area contributed by atoms with Crippen LogP contribution in [0.5, 0.6) is 0 Å². The lowest BCUT2D eigenvalue weighted by molar-refractivity contribution is -0.137. The van der Waals surface area contributed by atoms with E-state index < -0.39 is 11.7 Å². The zero-order valence-corrected chi connectivity index (χ0v) is 7.76. The van der Waals surface area contributed by atoms with Gasteiger partial charge in [-0.05, 0) is 31.2 Å². The van der Waals surface area contributed by atoms with Crippen LogP contribution in [0.1, 0.15) is 28.8 Å². The van der Waals surface area contributed by atoms with E-state index in [2.05, 4.69) is 0 Å². The highest BCUT2D eigenvalue weighted by atomic mass is 32.1. The molecule has 0 saturated carbocycles. The zero-order valence-electron chi connectivity index (χ0n) is 6.95. The molecule has 1 heterocycles. The fourth-order valence-corrected chi connectivity index (χ4v) is 2.88. The topological polar surface area (TPSA) is 0 Å². The highest BCUT2D eigenvalue weighted by molar-refractivity contribution is 7.10. The minimum Gasteiger partial charge on any atom is -0.166 e. The second-order valence-electron chi connectivity index (χ2n) is 3.26. The molecule has 0 aliphatic heterocycles.